The minimum atomic E-state index is -0.134. The number of allylic oxidation sites excluding steroid dienone is 15. The average molecular weight is 561 g/mol. The van der Waals surface area contributed by atoms with Crippen LogP contribution in [0, 0.1) is 5.41 Å². The summed E-state index contributed by atoms with van der Waals surface area (Å²) >= 11 is 0. The molecule has 1 atom stereocenters. The van der Waals surface area contributed by atoms with Crippen LogP contribution in [0.2, 0.25) is 0 Å². The van der Waals surface area contributed by atoms with Crippen LogP contribution in [0.5, 0.6) is 0 Å². The van der Waals surface area contributed by atoms with Gasteiger partial charge in [-0.2, -0.15) is 0 Å². The molecule has 0 N–H and O–H groups in total. The highest BCUT2D eigenvalue weighted by atomic mass is 16.5. The molecule has 226 valence electrons. The molecule has 1 unspecified atom stereocenters. The first-order chi connectivity index (χ1) is 19.7. The third-order valence-electron chi connectivity index (χ3n) is 7.54. The van der Waals surface area contributed by atoms with Gasteiger partial charge in [-0.25, -0.2) is 0 Å². The Morgan fingerprint density at radius 3 is 2.22 bits per heavy atom. The Morgan fingerprint density at radius 2 is 1.51 bits per heavy atom. The topological polar surface area (TPSA) is 43.4 Å². The van der Waals surface area contributed by atoms with Crippen molar-refractivity contribution < 1.29 is 14.3 Å². The van der Waals surface area contributed by atoms with Gasteiger partial charge < -0.3 is 4.74 Å². The summed E-state index contributed by atoms with van der Waals surface area (Å²) in [4.78, 5) is 23.2. The molecule has 1 rings (SSSR count). The fraction of sp³-hybridized carbons (Fsp3) is 0.526. The van der Waals surface area contributed by atoms with Gasteiger partial charge in [-0.05, 0) is 100 Å². The van der Waals surface area contributed by atoms with E-state index in [0.29, 0.717) is 6.42 Å². The fourth-order valence-electron chi connectivity index (χ4n) is 4.95. The van der Waals surface area contributed by atoms with Gasteiger partial charge in [-0.15, -0.1) is 0 Å². The number of hydrogen-bond donors (Lipinski definition) is 0. The maximum Gasteiger partial charge on any atom is 0.306 e. The minimum absolute atomic E-state index is 0.0423. The maximum atomic E-state index is 12.6. The van der Waals surface area contributed by atoms with E-state index >= 15 is 0 Å². The molecule has 3 nitrogen and oxygen atoms in total. The lowest BCUT2D eigenvalue weighted by atomic mass is 9.71. The normalized spacial score (nSPS) is 18.6. The van der Waals surface area contributed by atoms with E-state index in [4.69, 9.17) is 4.74 Å². The predicted octanol–water partition coefficient (Wildman–Crippen LogP) is 10.8. The van der Waals surface area contributed by atoms with Gasteiger partial charge in [-0.1, -0.05) is 112 Å². The lowest BCUT2D eigenvalue weighted by molar-refractivity contribution is -0.148. The van der Waals surface area contributed by atoms with Crippen LogP contribution < -0.4 is 0 Å². The van der Waals surface area contributed by atoms with Gasteiger partial charge in [0.2, 0.25) is 0 Å². The SMILES string of the molecule is CC/C=C\C/C=C\C/C=C\CCCCCCCC(=O)OC1CCC(C)(C)C(/C=C/C(C)=C/C=C/C(C)=C/C=O)=C1C. The Hall–Kier alpha value is -2.94. The summed E-state index contributed by atoms with van der Waals surface area (Å²) in [6.45, 7) is 12.8. The molecule has 0 aromatic carbocycles. The van der Waals surface area contributed by atoms with Crippen LogP contribution in [-0.4, -0.2) is 18.4 Å². The lowest BCUT2D eigenvalue weighted by Crippen LogP contribution is -2.30. The summed E-state index contributed by atoms with van der Waals surface area (Å²) in [5.74, 6) is -0.0708. The molecule has 0 fully saturated rings. The van der Waals surface area contributed by atoms with Crippen LogP contribution in [0.3, 0.4) is 0 Å². The van der Waals surface area contributed by atoms with Crippen LogP contribution in [0.25, 0.3) is 0 Å². The van der Waals surface area contributed by atoms with Gasteiger partial charge in [0.05, 0.1) is 0 Å². The molecule has 3 heteroatoms. The molecular weight excluding hydrogens is 504 g/mol. The number of carbonyl (C=O) groups excluding carboxylic acids is 2. The van der Waals surface area contributed by atoms with E-state index in [1.165, 1.54) is 24.8 Å². The van der Waals surface area contributed by atoms with E-state index in [9.17, 15) is 9.59 Å². The van der Waals surface area contributed by atoms with Crippen molar-refractivity contribution in [1.29, 1.82) is 0 Å². The first-order valence-corrected chi connectivity index (χ1v) is 15.7. The van der Waals surface area contributed by atoms with Crippen LogP contribution in [0.15, 0.2) is 95.2 Å². The van der Waals surface area contributed by atoms with Crippen LogP contribution in [-0.2, 0) is 14.3 Å². The van der Waals surface area contributed by atoms with Gasteiger partial charge >= 0.3 is 5.97 Å². The lowest BCUT2D eigenvalue weighted by Gasteiger charge is -2.37. The number of unbranched alkanes of at least 4 members (excludes halogenated alkanes) is 5. The molecule has 0 aromatic heterocycles. The van der Waals surface area contributed by atoms with Crippen LogP contribution in [0.1, 0.15) is 119 Å². The van der Waals surface area contributed by atoms with Gasteiger partial charge in [0, 0.05) is 6.42 Å². The Bertz CT molecular complexity index is 1020. The van der Waals surface area contributed by atoms with Crippen molar-refractivity contribution in [2.24, 2.45) is 5.41 Å². The third kappa shape index (κ3) is 16.8. The molecule has 0 saturated heterocycles. The van der Waals surface area contributed by atoms with Gasteiger partial charge in [0.1, 0.15) is 12.4 Å². The summed E-state index contributed by atoms with van der Waals surface area (Å²) in [7, 11) is 0. The summed E-state index contributed by atoms with van der Waals surface area (Å²) in [5, 5.41) is 0. The predicted molar refractivity (Wildman–Crippen MR) is 177 cm³/mol. The smallest absolute Gasteiger partial charge is 0.306 e. The molecule has 0 bridgehead atoms. The Kier molecular flexibility index (Phi) is 19.2. The van der Waals surface area contributed by atoms with Crippen molar-refractivity contribution in [3.05, 3.63) is 95.2 Å². The van der Waals surface area contributed by atoms with Gasteiger partial charge in [-0.3, -0.25) is 9.59 Å². The number of carbonyl (C=O) groups is 2. The van der Waals surface area contributed by atoms with Crippen molar-refractivity contribution in [1.82, 2.24) is 0 Å². The van der Waals surface area contributed by atoms with E-state index in [1.54, 1.807) is 6.08 Å². The van der Waals surface area contributed by atoms with Crippen molar-refractivity contribution in [3.63, 3.8) is 0 Å². The molecule has 0 saturated carbocycles. The van der Waals surface area contributed by atoms with Crippen molar-refractivity contribution >= 4 is 12.3 Å². The number of esters is 1. The van der Waals surface area contributed by atoms with Crippen molar-refractivity contribution in [2.45, 2.75) is 125 Å². The second-order valence-electron chi connectivity index (χ2n) is 11.7. The summed E-state index contributed by atoms with van der Waals surface area (Å²) in [5.41, 5.74) is 4.50. The monoisotopic (exact) mass is 560 g/mol. The summed E-state index contributed by atoms with van der Waals surface area (Å²) < 4.78 is 5.96. The van der Waals surface area contributed by atoms with Gasteiger partial charge in [0.25, 0.3) is 0 Å². The highest BCUT2D eigenvalue weighted by Gasteiger charge is 2.33. The average Bonchev–Trinajstić information content (AvgIpc) is 2.92. The first-order valence-electron chi connectivity index (χ1n) is 15.7. The summed E-state index contributed by atoms with van der Waals surface area (Å²) in [6.07, 6.45) is 38.1. The minimum Gasteiger partial charge on any atom is -0.458 e. The zero-order chi connectivity index (χ0) is 30.3. The number of rotatable bonds is 19. The fourth-order valence-corrected chi connectivity index (χ4v) is 4.95. The van der Waals surface area contributed by atoms with E-state index < -0.39 is 0 Å². The Morgan fingerprint density at radius 1 is 0.878 bits per heavy atom. The van der Waals surface area contributed by atoms with E-state index in [2.05, 4.69) is 83.2 Å². The molecule has 41 heavy (non-hydrogen) atoms. The molecule has 0 aliphatic heterocycles. The van der Waals surface area contributed by atoms with E-state index in [1.807, 2.05) is 25.2 Å². The number of ether oxygens (including phenoxy) is 1. The molecular formula is C38H56O3. The zero-order valence-electron chi connectivity index (χ0n) is 26.8. The second-order valence-corrected chi connectivity index (χ2v) is 11.7. The first kappa shape index (κ1) is 36.1. The molecule has 0 amide bonds. The van der Waals surface area contributed by atoms with Crippen LogP contribution >= 0.6 is 0 Å². The largest absolute Gasteiger partial charge is 0.458 e. The van der Waals surface area contributed by atoms with E-state index in [-0.39, 0.29) is 17.5 Å². The molecule has 1 aliphatic carbocycles. The third-order valence-corrected chi connectivity index (χ3v) is 7.54. The number of aldehydes is 1. The molecule has 1 aliphatic rings. The highest BCUT2D eigenvalue weighted by molar-refractivity contribution is 5.70. The standard InChI is InChI=1S/C38H56O3/c1-7-8-9-10-11-12-13-14-15-16-17-18-19-20-21-25-37(40)41-36-28-30-38(5,6)35(34(36)4)27-26-32(2)23-22-24-33(3)29-31-39/h8-9,11-12,14-15,22-24,26-27,29,31,36H,7,10,13,16-21,25,28,30H2,1-6H3/b9-8-,12-11-,15-14-,24-22+,27-26+,32-23+,33-29+. The Balaban J connectivity index is 2.42. The number of hydrogen-bond acceptors (Lipinski definition) is 3. The van der Waals surface area contributed by atoms with Crippen molar-refractivity contribution in [3.8, 4) is 0 Å². The second kappa shape index (κ2) is 21.8. The molecule has 0 spiro atoms. The zero-order valence-corrected chi connectivity index (χ0v) is 26.8. The summed E-state index contributed by atoms with van der Waals surface area (Å²) in [6, 6.07) is 0. The van der Waals surface area contributed by atoms with E-state index in [0.717, 1.165) is 74.4 Å². The molecule has 0 radical (unpaired) electrons. The molecule has 0 aromatic rings. The molecule has 0 heterocycles. The van der Waals surface area contributed by atoms with Crippen molar-refractivity contribution in [2.75, 3.05) is 0 Å². The quantitative estimate of drug-likeness (QED) is 0.0394. The van der Waals surface area contributed by atoms with Gasteiger partial charge in [0.15, 0.2) is 0 Å². The maximum absolute atomic E-state index is 12.6. The van der Waals surface area contributed by atoms with Crippen LogP contribution in [0.4, 0.5) is 0 Å². The Labute approximate surface area is 251 Å². The highest BCUT2D eigenvalue weighted by Crippen LogP contribution is 2.42.